The van der Waals surface area contributed by atoms with E-state index in [1.54, 1.807) is 0 Å². The van der Waals surface area contributed by atoms with Crippen molar-refractivity contribution in [1.82, 2.24) is 4.78 Å². The third-order valence-corrected chi connectivity index (χ3v) is 5.51. The molecule has 0 saturated carbocycles. The zero-order valence-corrected chi connectivity index (χ0v) is 15.6. The summed E-state index contributed by atoms with van der Waals surface area (Å²) in [7, 11) is -2.06. The van der Waals surface area contributed by atoms with Crippen molar-refractivity contribution >= 4 is 8.09 Å². The first-order valence-corrected chi connectivity index (χ1v) is 8.82. The maximum absolute atomic E-state index is 12.5. The summed E-state index contributed by atoms with van der Waals surface area (Å²) in [6.07, 6.45) is 0. The summed E-state index contributed by atoms with van der Waals surface area (Å²) in [5.74, 6) is 5.90. The van der Waals surface area contributed by atoms with Crippen LogP contribution >= 0.6 is 8.09 Å². The third-order valence-electron chi connectivity index (χ3n) is 4.14. The average Bonchev–Trinajstić information content (AvgIpc) is 2.35. The number of rotatable bonds is 7. The molecular formula is C15H31N4OP. The van der Waals surface area contributed by atoms with Gasteiger partial charge < -0.3 is 4.89 Å². The first-order chi connectivity index (χ1) is 9.52. The SMILES string of the molecule is CC(C)C(C#N)C(N=[P+]([O-])N(N)C(C)C)(C(C)C)C(C)C. The van der Waals surface area contributed by atoms with Gasteiger partial charge in [0.15, 0.2) is 0 Å². The van der Waals surface area contributed by atoms with Crippen LogP contribution in [0, 0.1) is 35.0 Å². The van der Waals surface area contributed by atoms with Crippen molar-refractivity contribution in [1.29, 1.82) is 5.26 Å². The predicted molar refractivity (Wildman–Crippen MR) is 86.9 cm³/mol. The number of hydrogen-bond acceptors (Lipinski definition) is 4. The molecule has 2 atom stereocenters. The summed E-state index contributed by atoms with van der Waals surface area (Å²) in [5.41, 5.74) is -0.664. The molecule has 0 aliphatic carbocycles. The maximum atomic E-state index is 12.5. The van der Waals surface area contributed by atoms with Gasteiger partial charge in [0.25, 0.3) is 8.09 Å². The number of nitrogens with two attached hydrogens (primary N) is 1. The molecule has 0 aromatic carbocycles. The molecule has 21 heavy (non-hydrogen) atoms. The molecule has 0 radical (unpaired) electrons. The van der Waals surface area contributed by atoms with E-state index >= 15 is 0 Å². The Kier molecular flexibility index (Phi) is 7.99. The summed E-state index contributed by atoms with van der Waals surface area (Å²) in [5, 5.41) is 9.64. The molecule has 0 aromatic rings. The Morgan fingerprint density at radius 3 is 1.76 bits per heavy atom. The van der Waals surface area contributed by atoms with Gasteiger partial charge in [-0.05, 0) is 36.4 Å². The van der Waals surface area contributed by atoms with Gasteiger partial charge >= 0.3 is 0 Å². The highest BCUT2D eigenvalue weighted by Gasteiger charge is 2.49. The minimum atomic E-state index is -2.06. The van der Waals surface area contributed by atoms with Crippen LogP contribution in [0.15, 0.2) is 4.74 Å². The fourth-order valence-corrected chi connectivity index (χ4v) is 4.24. The fraction of sp³-hybridized carbons (Fsp3) is 0.933. The van der Waals surface area contributed by atoms with Gasteiger partial charge in [-0.1, -0.05) is 46.3 Å². The molecule has 0 aromatic heterocycles. The van der Waals surface area contributed by atoms with Gasteiger partial charge in [-0.15, -0.1) is 0 Å². The highest BCUT2D eigenvalue weighted by Crippen LogP contribution is 2.45. The van der Waals surface area contributed by atoms with Crippen LogP contribution in [0.2, 0.25) is 0 Å². The first-order valence-electron chi connectivity index (χ1n) is 7.65. The van der Waals surface area contributed by atoms with Crippen LogP contribution in [-0.2, 0) is 0 Å². The standard InChI is InChI=1S/C15H31N4OP/c1-10(2)14(9-16)15(11(3)4,12(5)6)18-21(20)19(17)13(7)8/h10-14H,17H2,1-8H3. The monoisotopic (exact) mass is 314 g/mol. The van der Waals surface area contributed by atoms with Crippen LogP contribution in [0.1, 0.15) is 55.4 Å². The largest absolute Gasteiger partial charge is 0.594 e. The van der Waals surface area contributed by atoms with E-state index in [-0.39, 0.29) is 29.7 Å². The van der Waals surface area contributed by atoms with E-state index in [1.807, 2.05) is 55.4 Å². The van der Waals surface area contributed by atoms with Crippen LogP contribution in [0.5, 0.6) is 0 Å². The average molecular weight is 314 g/mol. The normalized spacial score (nSPS) is 15.4. The fourth-order valence-electron chi connectivity index (χ4n) is 2.86. The molecule has 122 valence electrons. The maximum Gasteiger partial charge on any atom is 0.280 e. The van der Waals surface area contributed by atoms with Crippen molar-refractivity contribution in [2.75, 3.05) is 0 Å². The van der Waals surface area contributed by atoms with Crippen molar-refractivity contribution in [2.45, 2.75) is 67.0 Å². The Bertz CT molecular complexity index is 391. The van der Waals surface area contributed by atoms with Gasteiger partial charge in [-0.3, -0.25) is 0 Å². The zero-order chi connectivity index (χ0) is 17.0. The quantitative estimate of drug-likeness (QED) is 0.444. The molecule has 0 fully saturated rings. The van der Waals surface area contributed by atoms with Gasteiger partial charge in [0, 0.05) is 0 Å². The van der Waals surface area contributed by atoms with Crippen LogP contribution in [0.25, 0.3) is 0 Å². The number of nitrogens with zero attached hydrogens (tertiary/aromatic N) is 3. The Hall–Kier alpha value is -0.530. The molecule has 0 heterocycles. The number of hydrazine groups is 1. The Balaban J connectivity index is 6.06. The second-order valence-electron chi connectivity index (χ2n) is 6.87. The Morgan fingerprint density at radius 1 is 1.10 bits per heavy atom. The van der Waals surface area contributed by atoms with Crippen LogP contribution in [0.3, 0.4) is 0 Å². The summed E-state index contributed by atoms with van der Waals surface area (Å²) in [6.45, 7) is 15.9. The molecule has 5 nitrogen and oxygen atoms in total. The second kappa shape index (κ2) is 8.19. The van der Waals surface area contributed by atoms with Crippen molar-refractivity contribution in [3.8, 4) is 6.07 Å². The lowest BCUT2D eigenvalue weighted by Gasteiger charge is -2.40. The highest BCUT2D eigenvalue weighted by molar-refractivity contribution is 7.36. The number of nitriles is 1. The lowest BCUT2D eigenvalue weighted by Crippen LogP contribution is -2.48. The van der Waals surface area contributed by atoms with E-state index in [0.29, 0.717) is 0 Å². The lowest BCUT2D eigenvalue weighted by molar-refractivity contribution is -0.168. The van der Waals surface area contributed by atoms with E-state index in [4.69, 9.17) is 5.84 Å². The second-order valence-corrected chi connectivity index (χ2v) is 8.04. The highest BCUT2D eigenvalue weighted by atomic mass is 31.1. The predicted octanol–water partition coefficient (Wildman–Crippen LogP) is 3.27. The topological polar surface area (TPSA) is 88.5 Å². The first kappa shape index (κ1) is 20.5. The molecule has 0 bridgehead atoms. The smallest absolute Gasteiger partial charge is 0.280 e. The molecule has 0 rings (SSSR count). The van der Waals surface area contributed by atoms with E-state index in [2.05, 4.69) is 10.8 Å². The molecule has 6 heteroatoms. The summed E-state index contributed by atoms with van der Waals surface area (Å²) >= 11 is 0. The molecule has 0 aliphatic heterocycles. The molecule has 2 unspecified atom stereocenters. The van der Waals surface area contributed by atoms with E-state index in [1.165, 1.54) is 4.78 Å². The number of hydrogen-bond donors (Lipinski definition) is 1. The minimum Gasteiger partial charge on any atom is -0.594 e. The molecule has 2 N–H and O–H groups in total. The molecule has 0 saturated heterocycles. The van der Waals surface area contributed by atoms with Gasteiger partial charge in [0.1, 0.15) is 5.54 Å². The van der Waals surface area contributed by atoms with Gasteiger partial charge in [0.2, 0.25) is 0 Å². The molecule has 0 spiro atoms. The summed E-state index contributed by atoms with van der Waals surface area (Å²) < 4.78 is 5.89. The lowest BCUT2D eigenvalue weighted by atomic mass is 9.66. The zero-order valence-electron chi connectivity index (χ0n) is 14.7. The van der Waals surface area contributed by atoms with Gasteiger partial charge in [-0.25, -0.2) is 5.84 Å². The molecule has 0 amide bonds. The van der Waals surface area contributed by atoms with E-state index in [0.717, 1.165) is 0 Å². The van der Waals surface area contributed by atoms with Crippen molar-refractivity contribution in [3.05, 3.63) is 0 Å². The Labute approximate surface area is 131 Å². The van der Waals surface area contributed by atoms with Gasteiger partial charge in [0.05, 0.1) is 18.0 Å². The van der Waals surface area contributed by atoms with Crippen molar-refractivity contribution in [2.24, 2.45) is 34.3 Å². The Morgan fingerprint density at radius 2 is 1.52 bits per heavy atom. The summed E-state index contributed by atoms with van der Waals surface area (Å²) in [4.78, 5) is 12.5. The van der Waals surface area contributed by atoms with Crippen LogP contribution < -0.4 is 10.7 Å². The van der Waals surface area contributed by atoms with Gasteiger partial charge in [-0.2, -0.15) is 5.26 Å². The molecule has 0 aliphatic rings. The van der Waals surface area contributed by atoms with E-state index < -0.39 is 13.6 Å². The van der Waals surface area contributed by atoms with Crippen LogP contribution in [0.4, 0.5) is 0 Å². The third kappa shape index (κ3) is 4.47. The minimum absolute atomic E-state index is 0.0611. The van der Waals surface area contributed by atoms with Crippen molar-refractivity contribution < 1.29 is 4.89 Å². The van der Waals surface area contributed by atoms with Crippen molar-refractivity contribution in [3.63, 3.8) is 0 Å². The molecular weight excluding hydrogens is 283 g/mol. The van der Waals surface area contributed by atoms with Crippen LogP contribution in [-0.4, -0.2) is 16.4 Å². The van der Waals surface area contributed by atoms with E-state index in [9.17, 15) is 10.2 Å². The summed E-state index contributed by atoms with van der Waals surface area (Å²) in [6, 6.07) is 2.34.